The first-order valence-corrected chi connectivity index (χ1v) is 7.36. The van der Waals surface area contributed by atoms with Crippen LogP contribution in [0, 0.1) is 5.92 Å². The van der Waals surface area contributed by atoms with Crippen molar-refractivity contribution < 1.29 is 0 Å². The molecule has 1 saturated carbocycles. The van der Waals surface area contributed by atoms with E-state index in [4.69, 9.17) is 4.98 Å². The lowest BCUT2D eigenvalue weighted by atomic mass is 10.2. The van der Waals surface area contributed by atoms with E-state index in [1.54, 1.807) is 11.3 Å². The molecule has 1 aliphatic carbocycles. The van der Waals surface area contributed by atoms with Crippen LogP contribution in [0.1, 0.15) is 39.3 Å². The van der Waals surface area contributed by atoms with Gasteiger partial charge in [-0.05, 0) is 25.7 Å². The number of aromatic nitrogens is 1. The van der Waals surface area contributed by atoms with Gasteiger partial charge in [-0.15, -0.1) is 11.3 Å². The fourth-order valence-corrected chi connectivity index (χ4v) is 2.80. The average Bonchev–Trinajstić information content (AvgIpc) is 3.03. The van der Waals surface area contributed by atoms with Crippen molar-refractivity contribution in [3.8, 4) is 0 Å². The summed E-state index contributed by atoms with van der Waals surface area (Å²) in [4.78, 5) is 7.03. The highest BCUT2D eigenvalue weighted by molar-refractivity contribution is 7.13. The van der Waals surface area contributed by atoms with E-state index >= 15 is 0 Å². The SMILES string of the molecule is CC(C)NCc1csc(N(C)C(C)C2CC2)n1. The third-order valence-corrected chi connectivity index (χ3v) is 4.43. The van der Waals surface area contributed by atoms with E-state index in [0.717, 1.165) is 23.3 Å². The van der Waals surface area contributed by atoms with E-state index in [1.807, 2.05) is 0 Å². The molecule has 1 fully saturated rings. The number of nitrogens with one attached hydrogen (secondary N) is 1. The minimum absolute atomic E-state index is 0.517. The van der Waals surface area contributed by atoms with Crippen LogP contribution in [-0.4, -0.2) is 24.1 Å². The maximum absolute atomic E-state index is 4.70. The first-order valence-electron chi connectivity index (χ1n) is 6.48. The van der Waals surface area contributed by atoms with Crippen LogP contribution in [0.15, 0.2) is 5.38 Å². The molecule has 0 bridgehead atoms. The molecule has 4 heteroatoms. The van der Waals surface area contributed by atoms with E-state index < -0.39 is 0 Å². The Labute approximate surface area is 108 Å². The van der Waals surface area contributed by atoms with Crippen molar-refractivity contribution in [2.45, 2.75) is 52.2 Å². The van der Waals surface area contributed by atoms with Gasteiger partial charge in [-0.1, -0.05) is 13.8 Å². The summed E-state index contributed by atoms with van der Waals surface area (Å²) in [7, 11) is 2.17. The molecule has 17 heavy (non-hydrogen) atoms. The molecule has 1 N–H and O–H groups in total. The minimum atomic E-state index is 0.517. The molecule has 0 amide bonds. The van der Waals surface area contributed by atoms with Crippen molar-refractivity contribution in [2.75, 3.05) is 11.9 Å². The monoisotopic (exact) mass is 253 g/mol. The van der Waals surface area contributed by atoms with Crippen LogP contribution in [0.5, 0.6) is 0 Å². The molecular formula is C13H23N3S. The van der Waals surface area contributed by atoms with E-state index in [-0.39, 0.29) is 0 Å². The topological polar surface area (TPSA) is 28.2 Å². The number of anilines is 1. The van der Waals surface area contributed by atoms with Gasteiger partial charge in [-0.2, -0.15) is 0 Å². The average molecular weight is 253 g/mol. The van der Waals surface area contributed by atoms with Gasteiger partial charge in [0.25, 0.3) is 0 Å². The summed E-state index contributed by atoms with van der Waals surface area (Å²) >= 11 is 1.76. The molecule has 1 aliphatic rings. The number of nitrogens with zero attached hydrogens (tertiary/aromatic N) is 2. The fourth-order valence-electron chi connectivity index (χ4n) is 1.92. The molecule has 2 rings (SSSR count). The lowest BCUT2D eigenvalue weighted by Gasteiger charge is -2.23. The van der Waals surface area contributed by atoms with Crippen molar-refractivity contribution in [1.29, 1.82) is 0 Å². The smallest absolute Gasteiger partial charge is 0.185 e. The van der Waals surface area contributed by atoms with Gasteiger partial charge in [0.2, 0.25) is 0 Å². The van der Waals surface area contributed by atoms with E-state index in [9.17, 15) is 0 Å². The Morgan fingerprint density at radius 1 is 1.47 bits per heavy atom. The van der Waals surface area contributed by atoms with Gasteiger partial charge in [0, 0.05) is 31.1 Å². The first kappa shape index (κ1) is 12.8. The molecule has 0 aliphatic heterocycles. The maximum atomic E-state index is 4.70. The largest absolute Gasteiger partial charge is 0.348 e. The molecular weight excluding hydrogens is 230 g/mol. The van der Waals surface area contributed by atoms with Crippen molar-refractivity contribution in [1.82, 2.24) is 10.3 Å². The van der Waals surface area contributed by atoms with Gasteiger partial charge in [-0.3, -0.25) is 0 Å². The fraction of sp³-hybridized carbons (Fsp3) is 0.769. The van der Waals surface area contributed by atoms with Crippen LogP contribution in [-0.2, 0) is 6.54 Å². The predicted molar refractivity (Wildman–Crippen MR) is 74.7 cm³/mol. The molecule has 0 spiro atoms. The highest BCUT2D eigenvalue weighted by Crippen LogP contribution is 2.36. The summed E-state index contributed by atoms with van der Waals surface area (Å²) in [6.45, 7) is 7.51. The van der Waals surface area contributed by atoms with Gasteiger partial charge in [0.15, 0.2) is 5.13 Å². The van der Waals surface area contributed by atoms with Crippen LogP contribution in [0.2, 0.25) is 0 Å². The summed E-state index contributed by atoms with van der Waals surface area (Å²) < 4.78 is 0. The summed E-state index contributed by atoms with van der Waals surface area (Å²) in [6, 6.07) is 1.15. The third kappa shape index (κ3) is 3.42. The third-order valence-electron chi connectivity index (χ3n) is 3.45. The summed E-state index contributed by atoms with van der Waals surface area (Å²) in [5, 5.41) is 6.73. The zero-order valence-corrected chi connectivity index (χ0v) is 12.0. The van der Waals surface area contributed by atoms with Crippen LogP contribution < -0.4 is 10.2 Å². The molecule has 1 heterocycles. The van der Waals surface area contributed by atoms with Gasteiger partial charge in [0.1, 0.15) is 0 Å². The second-order valence-electron chi connectivity index (χ2n) is 5.35. The van der Waals surface area contributed by atoms with Crippen LogP contribution in [0.25, 0.3) is 0 Å². The zero-order chi connectivity index (χ0) is 12.4. The molecule has 96 valence electrons. The molecule has 1 unspecified atom stereocenters. The summed E-state index contributed by atoms with van der Waals surface area (Å²) in [6.07, 6.45) is 2.78. The van der Waals surface area contributed by atoms with Crippen LogP contribution >= 0.6 is 11.3 Å². The van der Waals surface area contributed by atoms with Crippen molar-refractivity contribution in [3.05, 3.63) is 11.1 Å². The van der Waals surface area contributed by atoms with E-state index in [2.05, 4.69) is 43.4 Å². The normalized spacial score (nSPS) is 17.5. The van der Waals surface area contributed by atoms with Gasteiger partial charge < -0.3 is 10.2 Å². The second kappa shape index (κ2) is 5.36. The Morgan fingerprint density at radius 2 is 2.18 bits per heavy atom. The minimum Gasteiger partial charge on any atom is -0.348 e. The Morgan fingerprint density at radius 3 is 2.76 bits per heavy atom. The number of hydrogen-bond donors (Lipinski definition) is 1. The van der Waals surface area contributed by atoms with Gasteiger partial charge in [-0.25, -0.2) is 4.98 Å². The predicted octanol–water partition coefficient (Wildman–Crippen LogP) is 2.88. The molecule has 1 aromatic rings. The summed E-state index contributed by atoms with van der Waals surface area (Å²) in [5.74, 6) is 0.890. The first-order chi connectivity index (χ1) is 8.08. The van der Waals surface area contributed by atoms with Crippen LogP contribution in [0.3, 0.4) is 0 Å². The molecule has 3 nitrogen and oxygen atoms in total. The Hall–Kier alpha value is -0.610. The molecule has 1 atom stereocenters. The van der Waals surface area contributed by atoms with Gasteiger partial charge in [0.05, 0.1) is 5.69 Å². The Balaban J connectivity index is 1.92. The highest BCUT2D eigenvalue weighted by Gasteiger charge is 2.31. The second-order valence-corrected chi connectivity index (χ2v) is 6.18. The standard InChI is InChI=1S/C13H23N3S/c1-9(2)14-7-12-8-17-13(15-12)16(4)10(3)11-5-6-11/h8-11,14H,5-7H2,1-4H3. The zero-order valence-electron chi connectivity index (χ0n) is 11.2. The molecule has 0 saturated heterocycles. The Kier molecular flexibility index (Phi) is 4.05. The maximum Gasteiger partial charge on any atom is 0.185 e. The molecule has 0 radical (unpaired) electrons. The number of thiazole rings is 1. The van der Waals surface area contributed by atoms with Crippen molar-refractivity contribution in [3.63, 3.8) is 0 Å². The quantitative estimate of drug-likeness (QED) is 0.845. The van der Waals surface area contributed by atoms with E-state index in [0.29, 0.717) is 12.1 Å². The van der Waals surface area contributed by atoms with E-state index in [1.165, 1.54) is 12.8 Å². The van der Waals surface area contributed by atoms with Crippen LogP contribution in [0.4, 0.5) is 5.13 Å². The number of hydrogen-bond acceptors (Lipinski definition) is 4. The van der Waals surface area contributed by atoms with Crippen molar-refractivity contribution in [2.24, 2.45) is 5.92 Å². The lowest BCUT2D eigenvalue weighted by Crippen LogP contribution is -2.30. The molecule has 1 aromatic heterocycles. The number of rotatable bonds is 6. The van der Waals surface area contributed by atoms with Gasteiger partial charge >= 0.3 is 0 Å². The highest BCUT2D eigenvalue weighted by atomic mass is 32.1. The Bertz CT molecular complexity index is 357. The van der Waals surface area contributed by atoms with Crippen molar-refractivity contribution >= 4 is 16.5 Å². The molecule has 0 aromatic carbocycles. The summed E-state index contributed by atoms with van der Waals surface area (Å²) in [5.41, 5.74) is 1.16. The lowest BCUT2D eigenvalue weighted by molar-refractivity contribution is 0.580.